The van der Waals surface area contributed by atoms with Crippen molar-refractivity contribution in [2.24, 2.45) is 7.05 Å². The van der Waals surface area contributed by atoms with Crippen LogP contribution in [-0.4, -0.2) is 36.5 Å². The van der Waals surface area contributed by atoms with Crippen LogP contribution in [0.2, 0.25) is 0 Å². The second-order valence-corrected chi connectivity index (χ2v) is 7.25. The summed E-state index contributed by atoms with van der Waals surface area (Å²) in [6.45, 7) is 6.37. The Labute approximate surface area is 153 Å². The van der Waals surface area contributed by atoms with Gasteiger partial charge >= 0.3 is 0 Å². The Bertz CT molecular complexity index is 888. The van der Waals surface area contributed by atoms with E-state index in [0.717, 1.165) is 35.7 Å². The molecule has 3 aromatic heterocycles. The average molecular weight is 351 g/mol. The van der Waals surface area contributed by atoms with Crippen LogP contribution in [-0.2, 0) is 11.8 Å². The van der Waals surface area contributed by atoms with Crippen LogP contribution in [0.25, 0.3) is 22.9 Å². The fourth-order valence-electron chi connectivity index (χ4n) is 3.78. The molecule has 1 fully saturated rings. The lowest BCUT2D eigenvalue weighted by molar-refractivity contribution is -0.0503. The Hall–Kier alpha value is -2.47. The van der Waals surface area contributed by atoms with Gasteiger partial charge in [-0.25, -0.2) is 9.67 Å². The quantitative estimate of drug-likeness (QED) is 0.720. The summed E-state index contributed by atoms with van der Waals surface area (Å²) in [5.41, 5.74) is 3.22. The van der Waals surface area contributed by atoms with Crippen molar-refractivity contribution in [2.45, 2.75) is 51.9 Å². The van der Waals surface area contributed by atoms with Gasteiger partial charge in [0.15, 0.2) is 11.6 Å². The molecule has 6 nitrogen and oxygen atoms in total. The normalized spacial score (nSPS) is 23.3. The summed E-state index contributed by atoms with van der Waals surface area (Å²) in [4.78, 5) is 9.12. The molecule has 1 aliphatic heterocycles. The number of rotatable bonds is 3. The van der Waals surface area contributed by atoms with Gasteiger partial charge in [0.2, 0.25) is 0 Å². The van der Waals surface area contributed by atoms with Gasteiger partial charge in [0.25, 0.3) is 0 Å². The summed E-state index contributed by atoms with van der Waals surface area (Å²) in [6, 6.07) is 8.43. The highest BCUT2D eigenvalue weighted by atomic mass is 16.5. The molecular weight excluding hydrogens is 326 g/mol. The topological polar surface area (TPSA) is 57.8 Å². The summed E-state index contributed by atoms with van der Waals surface area (Å²) < 4.78 is 10.2. The standard InChI is InChI=1S/C20H25N5O/c1-13-7-8-18(24(13)4)20-22-19(16-6-5-9-21-12-16)23-25(20)17-10-14(2)26-15(3)11-17/h5-9,12,14-15,17H,10-11H2,1-4H3. The van der Waals surface area contributed by atoms with Crippen LogP contribution in [0.15, 0.2) is 36.7 Å². The molecule has 0 bridgehead atoms. The van der Waals surface area contributed by atoms with Gasteiger partial charge in [0.05, 0.1) is 23.9 Å². The first kappa shape index (κ1) is 17.0. The Balaban J connectivity index is 1.83. The molecule has 1 aliphatic rings. The molecule has 4 rings (SSSR count). The van der Waals surface area contributed by atoms with Crippen LogP contribution < -0.4 is 0 Å². The number of ether oxygens (including phenoxy) is 1. The SMILES string of the molecule is Cc1ccc(-c2nc(-c3cccnc3)nn2C2CC(C)OC(C)C2)n1C. The zero-order valence-corrected chi connectivity index (χ0v) is 15.8. The van der Waals surface area contributed by atoms with Gasteiger partial charge in [0, 0.05) is 30.7 Å². The van der Waals surface area contributed by atoms with E-state index in [9.17, 15) is 0 Å². The lowest BCUT2D eigenvalue weighted by Gasteiger charge is -2.32. The zero-order valence-electron chi connectivity index (χ0n) is 15.8. The summed E-state index contributed by atoms with van der Waals surface area (Å²) in [6.07, 6.45) is 5.90. The highest BCUT2D eigenvalue weighted by Gasteiger charge is 2.30. The predicted octanol–water partition coefficient (Wildman–Crippen LogP) is 3.78. The molecule has 0 N–H and O–H groups in total. The van der Waals surface area contributed by atoms with E-state index < -0.39 is 0 Å². The number of aromatic nitrogens is 5. The molecule has 0 saturated carbocycles. The number of hydrogen-bond donors (Lipinski definition) is 0. The van der Waals surface area contributed by atoms with Crippen LogP contribution in [0.3, 0.4) is 0 Å². The van der Waals surface area contributed by atoms with Crippen molar-refractivity contribution in [3.05, 3.63) is 42.4 Å². The Morgan fingerprint density at radius 2 is 1.88 bits per heavy atom. The molecule has 6 heteroatoms. The molecule has 0 amide bonds. The van der Waals surface area contributed by atoms with Crippen molar-refractivity contribution in [1.29, 1.82) is 0 Å². The maximum atomic E-state index is 5.93. The predicted molar refractivity (Wildman–Crippen MR) is 101 cm³/mol. The van der Waals surface area contributed by atoms with E-state index in [4.69, 9.17) is 14.8 Å². The number of pyridine rings is 1. The van der Waals surface area contributed by atoms with Gasteiger partial charge < -0.3 is 9.30 Å². The first-order valence-electron chi connectivity index (χ1n) is 9.18. The highest BCUT2D eigenvalue weighted by Crippen LogP contribution is 2.33. The van der Waals surface area contributed by atoms with Crippen molar-refractivity contribution in [3.8, 4) is 22.9 Å². The molecule has 0 spiro atoms. The third-order valence-electron chi connectivity index (χ3n) is 5.17. The summed E-state index contributed by atoms with van der Waals surface area (Å²) >= 11 is 0. The van der Waals surface area contributed by atoms with Crippen LogP contribution in [0.1, 0.15) is 38.4 Å². The fraction of sp³-hybridized carbons (Fsp3) is 0.450. The lowest BCUT2D eigenvalue weighted by atomic mass is 10.00. The van der Waals surface area contributed by atoms with Crippen LogP contribution in [0.4, 0.5) is 0 Å². The van der Waals surface area contributed by atoms with E-state index >= 15 is 0 Å². The smallest absolute Gasteiger partial charge is 0.183 e. The molecule has 136 valence electrons. The van der Waals surface area contributed by atoms with Crippen molar-refractivity contribution in [2.75, 3.05) is 0 Å². The molecule has 26 heavy (non-hydrogen) atoms. The summed E-state index contributed by atoms with van der Waals surface area (Å²) in [5.74, 6) is 1.63. The van der Waals surface area contributed by atoms with Gasteiger partial charge in [-0.15, -0.1) is 0 Å². The third kappa shape index (κ3) is 3.05. The molecule has 4 heterocycles. The maximum Gasteiger partial charge on any atom is 0.183 e. The Kier molecular flexibility index (Phi) is 4.36. The molecule has 2 atom stereocenters. The van der Waals surface area contributed by atoms with Crippen molar-refractivity contribution in [3.63, 3.8) is 0 Å². The van der Waals surface area contributed by atoms with Crippen LogP contribution >= 0.6 is 0 Å². The van der Waals surface area contributed by atoms with Crippen LogP contribution in [0, 0.1) is 6.92 Å². The molecule has 2 unspecified atom stereocenters. The van der Waals surface area contributed by atoms with Crippen molar-refractivity contribution >= 4 is 0 Å². The summed E-state index contributed by atoms with van der Waals surface area (Å²) in [7, 11) is 2.07. The second-order valence-electron chi connectivity index (χ2n) is 7.25. The lowest BCUT2D eigenvalue weighted by Crippen LogP contribution is -2.31. The van der Waals surface area contributed by atoms with E-state index in [1.54, 1.807) is 6.20 Å². The van der Waals surface area contributed by atoms with Gasteiger partial charge in [0.1, 0.15) is 0 Å². The largest absolute Gasteiger partial charge is 0.375 e. The van der Waals surface area contributed by atoms with Crippen molar-refractivity contribution in [1.82, 2.24) is 24.3 Å². The van der Waals surface area contributed by atoms with E-state index in [1.807, 2.05) is 18.3 Å². The highest BCUT2D eigenvalue weighted by molar-refractivity contribution is 5.59. The van der Waals surface area contributed by atoms with E-state index in [2.05, 4.69) is 54.2 Å². The maximum absolute atomic E-state index is 5.93. The Morgan fingerprint density at radius 1 is 1.12 bits per heavy atom. The first-order valence-corrected chi connectivity index (χ1v) is 9.18. The average Bonchev–Trinajstić information content (AvgIpc) is 3.19. The van der Waals surface area contributed by atoms with E-state index in [-0.39, 0.29) is 18.2 Å². The van der Waals surface area contributed by atoms with Gasteiger partial charge in [-0.3, -0.25) is 4.98 Å². The molecular formula is C20H25N5O. The minimum Gasteiger partial charge on any atom is -0.375 e. The Morgan fingerprint density at radius 3 is 2.50 bits per heavy atom. The molecule has 1 saturated heterocycles. The minimum atomic E-state index is 0.220. The first-order chi connectivity index (χ1) is 12.5. The van der Waals surface area contributed by atoms with Gasteiger partial charge in [-0.1, -0.05) is 0 Å². The number of aryl methyl sites for hydroxylation is 1. The van der Waals surface area contributed by atoms with Crippen LogP contribution in [0.5, 0.6) is 0 Å². The second kappa shape index (κ2) is 6.68. The molecule has 3 aromatic rings. The third-order valence-corrected chi connectivity index (χ3v) is 5.17. The molecule has 0 aromatic carbocycles. The number of nitrogens with zero attached hydrogens (tertiary/aromatic N) is 5. The number of hydrogen-bond acceptors (Lipinski definition) is 4. The molecule has 0 radical (unpaired) electrons. The summed E-state index contributed by atoms with van der Waals surface area (Å²) in [5, 5.41) is 4.90. The van der Waals surface area contributed by atoms with Gasteiger partial charge in [-0.2, -0.15) is 5.10 Å². The van der Waals surface area contributed by atoms with E-state index in [1.165, 1.54) is 5.69 Å². The van der Waals surface area contributed by atoms with E-state index in [0.29, 0.717) is 0 Å². The van der Waals surface area contributed by atoms with Gasteiger partial charge in [-0.05, 0) is 57.9 Å². The zero-order chi connectivity index (χ0) is 18.3. The monoisotopic (exact) mass is 351 g/mol. The van der Waals surface area contributed by atoms with Crippen molar-refractivity contribution < 1.29 is 4.74 Å². The minimum absolute atomic E-state index is 0.220. The fourth-order valence-corrected chi connectivity index (χ4v) is 3.78. The molecule has 0 aliphatic carbocycles.